The van der Waals surface area contributed by atoms with Crippen LogP contribution in [-0.4, -0.2) is 56.6 Å². The third kappa shape index (κ3) is 8.10. The Morgan fingerprint density at radius 1 is 1.14 bits per heavy atom. The summed E-state index contributed by atoms with van der Waals surface area (Å²) in [7, 11) is -2.47. The minimum absolute atomic E-state index is 0.0290. The van der Waals surface area contributed by atoms with E-state index in [1.165, 1.54) is 54.5 Å². The first-order chi connectivity index (χ1) is 16.1. The minimum atomic E-state index is -3.90. The smallest absolute Gasteiger partial charge is 0.244 e. The number of ether oxygens (including phenoxy) is 1. The second kappa shape index (κ2) is 11.3. The van der Waals surface area contributed by atoms with Crippen LogP contribution >= 0.6 is 11.6 Å². The van der Waals surface area contributed by atoms with E-state index in [1.54, 1.807) is 6.92 Å². The van der Waals surface area contributed by atoms with E-state index in [2.05, 4.69) is 5.32 Å². The van der Waals surface area contributed by atoms with Crippen molar-refractivity contribution in [1.29, 1.82) is 0 Å². The van der Waals surface area contributed by atoms with Crippen molar-refractivity contribution < 1.29 is 27.1 Å². The van der Waals surface area contributed by atoms with Gasteiger partial charge in [0.25, 0.3) is 0 Å². The van der Waals surface area contributed by atoms with Crippen molar-refractivity contribution in [1.82, 2.24) is 10.2 Å². The molecule has 0 aliphatic carbocycles. The summed E-state index contributed by atoms with van der Waals surface area (Å²) in [5, 5.41) is 3.00. The van der Waals surface area contributed by atoms with Crippen molar-refractivity contribution >= 4 is 39.1 Å². The molecule has 11 heteroatoms. The third-order valence-corrected chi connectivity index (χ3v) is 6.47. The molecule has 0 radical (unpaired) electrons. The van der Waals surface area contributed by atoms with Crippen molar-refractivity contribution in [3.63, 3.8) is 0 Å². The fraction of sp³-hybridized carbons (Fsp3) is 0.417. The number of benzene rings is 2. The van der Waals surface area contributed by atoms with Crippen LogP contribution in [0.15, 0.2) is 42.5 Å². The fourth-order valence-corrected chi connectivity index (χ4v) is 4.36. The van der Waals surface area contributed by atoms with Gasteiger partial charge >= 0.3 is 0 Å². The average Bonchev–Trinajstić information content (AvgIpc) is 2.74. The lowest BCUT2D eigenvalue weighted by Crippen LogP contribution is -2.54. The van der Waals surface area contributed by atoms with Crippen molar-refractivity contribution in [2.75, 3.05) is 24.2 Å². The zero-order chi connectivity index (χ0) is 26.6. The largest absolute Gasteiger partial charge is 0.495 e. The van der Waals surface area contributed by atoms with Gasteiger partial charge in [0.05, 0.1) is 24.1 Å². The van der Waals surface area contributed by atoms with Crippen LogP contribution in [0, 0.1) is 5.82 Å². The van der Waals surface area contributed by atoms with Crippen molar-refractivity contribution in [3.8, 4) is 5.75 Å². The first kappa shape index (κ1) is 28.4. The molecule has 0 saturated carbocycles. The predicted octanol–water partition coefficient (Wildman–Crippen LogP) is 3.59. The maximum absolute atomic E-state index is 13.5. The van der Waals surface area contributed by atoms with E-state index in [9.17, 15) is 22.4 Å². The molecule has 0 unspecified atom stereocenters. The molecule has 1 N–H and O–H groups in total. The lowest BCUT2D eigenvalue weighted by Gasteiger charge is -2.33. The number of amides is 2. The Labute approximate surface area is 211 Å². The fourth-order valence-electron chi connectivity index (χ4n) is 3.27. The third-order valence-electron chi connectivity index (χ3n) is 5.03. The number of carbonyl (C=O) groups excluding carboxylic acids is 2. The Morgan fingerprint density at radius 3 is 2.23 bits per heavy atom. The zero-order valence-corrected chi connectivity index (χ0v) is 22.2. The lowest BCUT2D eigenvalue weighted by atomic mass is 10.1. The van der Waals surface area contributed by atoms with E-state index in [1.807, 2.05) is 20.8 Å². The van der Waals surface area contributed by atoms with Crippen molar-refractivity contribution in [3.05, 3.63) is 58.9 Å². The second-order valence-corrected chi connectivity index (χ2v) is 11.5. The number of nitrogens with one attached hydrogen (secondary N) is 1. The van der Waals surface area contributed by atoms with Gasteiger partial charge in [-0.2, -0.15) is 0 Å². The molecule has 0 aliphatic rings. The van der Waals surface area contributed by atoms with Crippen molar-refractivity contribution in [2.24, 2.45) is 0 Å². The first-order valence-corrected chi connectivity index (χ1v) is 13.0. The molecule has 8 nitrogen and oxygen atoms in total. The van der Waals surface area contributed by atoms with Gasteiger partial charge < -0.3 is 15.0 Å². The van der Waals surface area contributed by atoms with E-state index in [-0.39, 0.29) is 17.3 Å². The van der Waals surface area contributed by atoms with Gasteiger partial charge in [-0.1, -0.05) is 23.7 Å². The summed E-state index contributed by atoms with van der Waals surface area (Å²) >= 11 is 6.17. The van der Waals surface area contributed by atoms with Crippen LogP contribution in [0.4, 0.5) is 10.1 Å². The Balaban J connectivity index is 2.42. The second-order valence-electron chi connectivity index (χ2n) is 9.15. The van der Waals surface area contributed by atoms with Gasteiger partial charge in [0.15, 0.2) is 0 Å². The van der Waals surface area contributed by atoms with Crippen LogP contribution < -0.4 is 14.4 Å². The van der Waals surface area contributed by atoms with Gasteiger partial charge in [-0.05, 0) is 63.6 Å². The van der Waals surface area contributed by atoms with Crippen LogP contribution in [-0.2, 0) is 26.2 Å². The van der Waals surface area contributed by atoms with Gasteiger partial charge in [-0.3, -0.25) is 13.9 Å². The molecule has 2 amide bonds. The molecular weight excluding hydrogens is 497 g/mol. The Hall–Kier alpha value is -2.85. The molecule has 0 fully saturated rings. The average molecular weight is 528 g/mol. The van der Waals surface area contributed by atoms with E-state index in [0.29, 0.717) is 11.3 Å². The van der Waals surface area contributed by atoms with Gasteiger partial charge in [0.2, 0.25) is 21.8 Å². The molecule has 0 saturated heterocycles. The number of halogens is 2. The number of methoxy groups -OCH3 is 1. The molecule has 1 atom stereocenters. The number of nitrogens with zero attached hydrogens (tertiary/aromatic N) is 2. The Bertz CT molecular complexity index is 1170. The van der Waals surface area contributed by atoms with Crippen LogP contribution in [0.5, 0.6) is 5.75 Å². The molecule has 2 rings (SSSR count). The van der Waals surface area contributed by atoms with E-state index in [0.717, 1.165) is 10.6 Å². The number of sulfonamides is 1. The quantitative estimate of drug-likeness (QED) is 0.537. The number of carbonyl (C=O) groups is 2. The van der Waals surface area contributed by atoms with Crippen LogP contribution in [0.3, 0.4) is 0 Å². The molecule has 0 heterocycles. The van der Waals surface area contributed by atoms with Crippen LogP contribution in [0.25, 0.3) is 0 Å². The normalized spacial score (nSPS) is 12.6. The highest BCUT2D eigenvalue weighted by atomic mass is 35.5. The molecule has 0 bridgehead atoms. The maximum Gasteiger partial charge on any atom is 0.244 e. The predicted molar refractivity (Wildman–Crippen MR) is 135 cm³/mol. The molecular formula is C24H31ClFN3O5S. The van der Waals surface area contributed by atoms with Crippen LogP contribution in [0.2, 0.25) is 5.02 Å². The number of rotatable bonds is 9. The van der Waals surface area contributed by atoms with Gasteiger partial charge in [-0.25, -0.2) is 12.8 Å². The van der Waals surface area contributed by atoms with E-state index >= 15 is 0 Å². The molecule has 0 aromatic heterocycles. The highest BCUT2D eigenvalue weighted by molar-refractivity contribution is 7.92. The first-order valence-electron chi connectivity index (χ1n) is 10.8. The summed E-state index contributed by atoms with van der Waals surface area (Å²) in [6, 6.07) is 8.92. The number of hydrogen-bond donors (Lipinski definition) is 1. The zero-order valence-electron chi connectivity index (χ0n) is 20.6. The number of anilines is 1. The van der Waals surface area contributed by atoms with Crippen molar-refractivity contribution in [2.45, 2.75) is 45.8 Å². The molecule has 2 aromatic carbocycles. The highest BCUT2D eigenvalue weighted by Gasteiger charge is 2.31. The van der Waals surface area contributed by atoms with Crippen LogP contribution in [0.1, 0.15) is 33.3 Å². The highest BCUT2D eigenvalue weighted by Crippen LogP contribution is 2.30. The molecule has 35 heavy (non-hydrogen) atoms. The monoisotopic (exact) mass is 527 g/mol. The molecule has 0 aliphatic heterocycles. The summed E-state index contributed by atoms with van der Waals surface area (Å²) in [5.74, 6) is -1.13. The minimum Gasteiger partial charge on any atom is -0.495 e. The Kier molecular flexibility index (Phi) is 9.13. The Morgan fingerprint density at radius 2 is 1.74 bits per heavy atom. The standard InChI is InChI=1S/C24H31ClFN3O5S/c1-16(23(31)27-24(2,3)4)28(14-17-7-9-18(26)10-8-17)22(30)15-29(35(6,32)33)19-11-12-21(34-5)20(25)13-19/h7-13,16H,14-15H2,1-6H3,(H,27,31)/t16-/m1/s1. The molecule has 2 aromatic rings. The lowest BCUT2D eigenvalue weighted by molar-refractivity contribution is -0.140. The summed E-state index contributed by atoms with van der Waals surface area (Å²) < 4.78 is 44.6. The topological polar surface area (TPSA) is 96.0 Å². The summed E-state index contributed by atoms with van der Waals surface area (Å²) in [6.07, 6.45) is 0.971. The van der Waals surface area contributed by atoms with Gasteiger partial charge in [0.1, 0.15) is 24.2 Å². The maximum atomic E-state index is 13.5. The van der Waals surface area contributed by atoms with E-state index < -0.39 is 45.8 Å². The summed E-state index contributed by atoms with van der Waals surface area (Å²) in [5.41, 5.74) is 0.197. The number of hydrogen-bond acceptors (Lipinski definition) is 5. The summed E-state index contributed by atoms with van der Waals surface area (Å²) in [6.45, 7) is 6.37. The SMILES string of the molecule is COc1ccc(N(CC(=O)N(Cc2ccc(F)cc2)[C@H](C)C(=O)NC(C)(C)C)S(C)(=O)=O)cc1Cl. The molecule has 192 valence electrons. The summed E-state index contributed by atoms with van der Waals surface area (Å²) in [4.78, 5) is 27.6. The molecule has 0 spiro atoms. The van der Waals surface area contributed by atoms with E-state index in [4.69, 9.17) is 16.3 Å². The van der Waals surface area contributed by atoms with Gasteiger partial charge in [0, 0.05) is 12.1 Å². The van der Waals surface area contributed by atoms with Gasteiger partial charge in [-0.15, -0.1) is 0 Å².